The first-order valence-electron chi connectivity index (χ1n) is 9.02. The summed E-state index contributed by atoms with van der Waals surface area (Å²) in [5.74, 6) is -5.91. The third-order valence-electron chi connectivity index (χ3n) is 5.48. The monoisotopic (exact) mass is 393 g/mol. The second-order valence-corrected chi connectivity index (χ2v) is 7.18. The summed E-state index contributed by atoms with van der Waals surface area (Å²) < 4.78 is 41.4. The zero-order chi connectivity index (χ0) is 20.1. The summed E-state index contributed by atoms with van der Waals surface area (Å²) in [5.41, 5.74) is 2.54. The number of likely N-dealkylation sites (tertiary alicyclic amines) is 1. The third-order valence-corrected chi connectivity index (χ3v) is 5.48. The largest absolute Gasteiger partial charge is 0.481 e. The number of carbonyl (C=O) groups is 2. The van der Waals surface area contributed by atoms with Gasteiger partial charge in [-0.2, -0.15) is 18.3 Å². The fraction of sp³-hybridized carbons (Fsp3) is 0.421. The van der Waals surface area contributed by atoms with Crippen LogP contribution in [0.25, 0.3) is 5.69 Å². The Bertz CT molecular complexity index is 924. The standard InChI is InChI=1S/C19H18F3N3O3/c20-19(21,22)14-10-24(9-13(14)18(27)28)17(26)16-12-7-4-8-15(12)25(23-16)11-5-2-1-3-6-11/h1-3,5-6,13-14H,4,7-10H2,(H,27,28)/t13-,14-/m1/s1. The number of hydrogen-bond donors (Lipinski definition) is 1. The van der Waals surface area contributed by atoms with E-state index in [0.717, 1.165) is 34.7 Å². The van der Waals surface area contributed by atoms with Gasteiger partial charge in [0.15, 0.2) is 5.69 Å². The van der Waals surface area contributed by atoms with Gasteiger partial charge in [0.25, 0.3) is 5.91 Å². The van der Waals surface area contributed by atoms with E-state index in [-0.39, 0.29) is 5.69 Å². The lowest BCUT2D eigenvalue weighted by atomic mass is 9.96. The first-order valence-corrected chi connectivity index (χ1v) is 9.02. The van der Waals surface area contributed by atoms with Crippen molar-refractivity contribution in [1.29, 1.82) is 0 Å². The van der Waals surface area contributed by atoms with Crippen LogP contribution in [0.2, 0.25) is 0 Å². The number of amides is 1. The highest BCUT2D eigenvalue weighted by atomic mass is 19.4. The highest BCUT2D eigenvalue weighted by Crippen LogP contribution is 2.39. The van der Waals surface area contributed by atoms with Gasteiger partial charge in [-0.3, -0.25) is 9.59 Å². The molecule has 2 heterocycles. The summed E-state index contributed by atoms with van der Waals surface area (Å²) in [5, 5.41) is 13.6. The lowest BCUT2D eigenvalue weighted by Crippen LogP contribution is -2.34. The molecule has 0 unspecified atom stereocenters. The number of carbonyl (C=O) groups excluding carboxylic acids is 1. The van der Waals surface area contributed by atoms with Crippen LogP contribution in [0.3, 0.4) is 0 Å². The van der Waals surface area contributed by atoms with E-state index in [1.807, 2.05) is 30.3 Å². The molecule has 1 aromatic heterocycles. The fourth-order valence-corrected chi connectivity index (χ4v) is 4.09. The number of nitrogens with zero attached hydrogens (tertiary/aromatic N) is 3. The molecule has 2 aliphatic rings. The van der Waals surface area contributed by atoms with Gasteiger partial charge < -0.3 is 10.0 Å². The molecule has 2 aromatic rings. The van der Waals surface area contributed by atoms with Gasteiger partial charge >= 0.3 is 12.1 Å². The molecule has 1 amide bonds. The highest BCUT2D eigenvalue weighted by molar-refractivity contribution is 5.95. The molecule has 1 aliphatic carbocycles. The molecule has 148 valence electrons. The van der Waals surface area contributed by atoms with Gasteiger partial charge in [-0.15, -0.1) is 0 Å². The average Bonchev–Trinajstić information content (AvgIpc) is 3.35. The lowest BCUT2D eigenvalue weighted by molar-refractivity contribution is -0.187. The zero-order valence-corrected chi connectivity index (χ0v) is 14.8. The fourth-order valence-electron chi connectivity index (χ4n) is 4.09. The van der Waals surface area contributed by atoms with Gasteiger partial charge in [0.2, 0.25) is 0 Å². The van der Waals surface area contributed by atoms with Gasteiger partial charge in [0, 0.05) is 24.3 Å². The molecule has 1 aromatic carbocycles. The maximum absolute atomic E-state index is 13.2. The summed E-state index contributed by atoms with van der Waals surface area (Å²) in [7, 11) is 0. The zero-order valence-electron chi connectivity index (χ0n) is 14.8. The Balaban J connectivity index is 1.67. The Morgan fingerprint density at radius 2 is 1.82 bits per heavy atom. The minimum Gasteiger partial charge on any atom is -0.481 e. The number of benzene rings is 1. The Labute approximate surface area is 158 Å². The normalized spacial score (nSPS) is 21.8. The lowest BCUT2D eigenvalue weighted by Gasteiger charge is -2.18. The van der Waals surface area contributed by atoms with E-state index in [1.54, 1.807) is 4.68 Å². The number of aromatic nitrogens is 2. The first-order chi connectivity index (χ1) is 13.3. The van der Waals surface area contributed by atoms with Crippen LogP contribution in [0.4, 0.5) is 13.2 Å². The van der Waals surface area contributed by atoms with Gasteiger partial charge in [-0.25, -0.2) is 4.68 Å². The number of aliphatic carboxylic acids is 1. The van der Waals surface area contributed by atoms with Crippen LogP contribution in [0.1, 0.15) is 28.2 Å². The topological polar surface area (TPSA) is 75.4 Å². The number of carboxylic acids is 1. The van der Waals surface area contributed by atoms with E-state index in [0.29, 0.717) is 6.42 Å². The number of halogens is 3. The summed E-state index contributed by atoms with van der Waals surface area (Å²) in [4.78, 5) is 25.2. The molecule has 1 fully saturated rings. The summed E-state index contributed by atoms with van der Waals surface area (Å²) >= 11 is 0. The predicted molar refractivity (Wildman–Crippen MR) is 92.2 cm³/mol. The SMILES string of the molecule is O=C(O)[C@@H]1CN(C(=O)c2nn(-c3ccccc3)c3c2CCC3)C[C@H]1C(F)(F)F. The van der Waals surface area contributed by atoms with E-state index in [9.17, 15) is 22.8 Å². The Morgan fingerprint density at radius 1 is 1.11 bits per heavy atom. The molecule has 1 aliphatic heterocycles. The average molecular weight is 393 g/mol. The number of carboxylic acid groups (broad SMARTS) is 1. The van der Waals surface area contributed by atoms with Crippen molar-refractivity contribution in [2.75, 3.05) is 13.1 Å². The van der Waals surface area contributed by atoms with Crippen molar-refractivity contribution >= 4 is 11.9 Å². The van der Waals surface area contributed by atoms with Crippen LogP contribution in [-0.2, 0) is 17.6 Å². The molecule has 0 saturated carbocycles. The number of fused-ring (bicyclic) bond motifs is 1. The van der Waals surface area contributed by atoms with Crippen LogP contribution >= 0.6 is 0 Å². The molecule has 0 spiro atoms. The van der Waals surface area contributed by atoms with Gasteiger partial charge in [0.05, 0.1) is 17.5 Å². The van der Waals surface area contributed by atoms with Crippen molar-refractivity contribution < 1.29 is 27.9 Å². The molecule has 1 N–H and O–H groups in total. The van der Waals surface area contributed by atoms with Crippen LogP contribution in [0.5, 0.6) is 0 Å². The van der Waals surface area contributed by atoms with Crippen molar-refractivity contribution in [3.05, 3.63) is 47.3 Å². The molecule has 0 bridgehead atoms. The van der Waals surface area contributed by atoms with E-state index in [4.69, 9.17) is 5.11 Å². The number of rotatable bonds is 3. The third kappa shape index (κ3) is 3.04. The number of alkyl halides is 3. The smallest absolute Gasteiger partial charge is 0.394 e. The minimum atomic E-state index is -4.68. The molecular formula is C19H18F3N3O3. The Kier molecular flexibility index (Phi) is 4.40. The molecule has 1 saturated heterocycles. The summed E-state index contributed by atoms with van der Waals surface area (Å²) in [6, 6.07) is 9.22. The van der Waals surface area contributed by atoms with Crippen LogP contribution in [0.15, 0.2) is 30.3 Å². The van der Waals surface area contributed by atoms with Crippen molar-refractivity contribution in [2.45, 2.75) is 25.4 Å². The van der Waals surface area contributed by atoms with E-state index < -0.39 is 43.0 Å². The second-order valence-electron chi connectivity index (χ2n) is 7.18. The minimum absolute atomic E-state index is 0.128. The van der Waals surface area contributed by atoms with Crippen LogP contribution in [0, 0.1) is 11.8 Å². The number of para-hydroxylation sites is 1. The van der Waals surface area contributed by atoms with Gasteiger partial charge in [-0.05, 0) is 31.4 Å². The molecule has 0 radical (unpaired) electrons. The van der Waals surface area contributed by atoms with Gasteiger partial charge in [-0.1, -0.05) is 18.2 Å². The number of hydrogen-bond acceptors (Lipinski definition) is 3. The maximum atomic E-state index is 13.2. The molecule has 2 atom stereocenters. The predicted octanol–water partition coefficient (Wildman–Crippen LogP) is 2.70. The van der Waals surface area contributed by atoms with E-state index >= 15 is 0 Å². The van der Waals surface area contributed by atoms with Gasteiger partial charge in [0.1, 0.15) is 0 Å². The van der Waals surface area contributed by atoms with E-state index in [2.05, 4.69) is 5.10 Å². The Hall–Kier alpha value is -2.84. The molecule has 4 rings (SSSR count). The highest BCUT2D eigenvalue weighted by Gasteiger charge is 2.54. The molecule has 28 heavy (non-hydrogen) atoms. The van der Waals surface area contributed by atoms with Crippen molar-refractivity contribution in [3.63, 3.8) is 0 Å². The maximum Gasteiger partial charge on any atom is 0.394 e. The van der Waals surface area contributed by atoms with Crippen molar-refractivity contribution in [2.24, 2.45) is 11.8 Å². The summed E-state index contributed by atoms with van der Waals surface area (Å²) in [6.07, 6.45) is -2.48. The van der Waals surface area contributed by atoms with Crippen molar-refractivity contribution in [3.8, 4) is 5.69 Å². The van der Waals surface area contributed by atoms with E-state index in [1.165, 1.54) is 0 Å². The molecular weight excluding hydrogens is 375 g/mol. The molecule has 9 heteroatoms. The van der Waals surface area contributed by atoms with Crippen molar-refractivity contribution in [1.82, 2.24) is 14.7 Å². The summed E-state index contributed by atoms with van der Waals surface area (Å²) in [6.45, 7) is -1.13. The quantitative estimate of drug-likeness (QED) is 0.870. The van der Waals surface area contributed by atoms with Crippen LogP contribution < -0.4 is 0 Å². The second kappa shape index (κ2) is 6.65. The first kappa shape index (κ1) is 18.5. The molecule has 6 nitrogen and oxygen atoms in total. The Morgan fingerprint density at radius 3 is 2.43 bits per heavy atom. The van der Waals surface area contributed by atoms with Crippen LogP contribution in [-0.4, -0.2) is 50.9 Å².